The van der Waals surface area contributed by atoms with Gasteiger partial charge in [-0.05, 0) is 43.9 Å². The Hall–Kier alpha value is -2.93. The van der Waals surface area contributed by atoms with Gasteiger partial charge in [-0.25, -0.2) is 9.78 Å². The number of hydrogen-bond donors (Lipinski definition) is 1. The Morgan fingerprint density at radius 2 is 1.85 bits per heavy atom. The van der Waals surface area contributed by atoms with Gasteiger partial charge in [0.15, 0.2) is 0 Å². The molecule has 1 aromatic carbocycles. The van der Waals surface area contributed by atoms with Gasteiger partial charge in [0.2, 0.25) is 5.91 Å². The largest absolute Gasteiger partial charge is 0.462 e. The second kappa shape index (κ2) is 10.8. The molecule has 1 saturated heterocycles. The molecule has 33 heavy (non-hydrogen) atoms. The highest BCUT2D eigenvalue weighted by Crippen LogP contribution is 2.43. The molecule has 7 heteroatoms. The van der Waals surface area contributed by atoms with Crippen molar-refractivity contribution in [3.05, 3.63) is 59.8 Å². The molecule has 1 saturated carbocycles. The normalized spacial score (nSPS) is 18.2. The molecule has 0 radical (unpaired) electrons. The molecule has 1 N–H and O–H groups in total. The van der Waals surface area contributed by atoms with Crippen LogP contribution in [-0.4, -0.2) is 67.6 Å². The van der Waals surface area contributed by atoms with Gasteiger partial charge in [0.25, 0.3) is 0 Å². The lowest BCUT2D eigenvalue weighted by atomic mass is 9.64. The van der Waals surface area contributed by atoms with Crippen LogP contribution in [0.3, 0.4) is 0 Å². The smallest absolute Gasteiger partial charge is 0.339 e. The summed E-state index contributed by atoms with van der Waals surface area (Å²) in [7, 11) is 0. The van der Waals surface area contributed by atoms with E-state index in [2.05, 4.69) is 44.4 Å². The van der Waals surface area contributed by atoms with Crippen molar-refractivity contribution in [2.24, 2.45) is 0 Å². The highest BCUT2D eigenvalue weighted by Gasteiger charge is 2.38. The van der Waals surface area contributed by atoms with Gasteiger partial charge in [0.05, 0.1) is 18.7 Å². The standard InChI is InChI=1S/C26H34N4O3/c1-2-33-25(32)21-10-11-23(27-18-21)30-15-7-14-29(16-17-30)19-24(31)28-20-26(12-6-13-26)22-8-4-3-5-9-22/h3-5,8-11,18H,2,6-7,12-17,19-20H2,1H3,(H,28,31). The molecule has 1 aliphatic carbocycles. The summed E-state index contributed by atoms with van der Waals surface area (Å²) in [5, 5.41) is 3.21. The zero-order valence-corrected chi connectivity index (χ0v) is 19.5. The van der Waals surface area contributed by atoms with E-state index in [0.29, 0.717) is 25.3 Å². The van der Waals surface area contributed by atoms with Crippen molar-refractivity contribution in [3.63, 3.8) is 0 Å². The van der Waals surface area contributed by atoms with E-state index in [-0.39, 0.29) is 17.3 Å². The summed E-state index contributed by atoms with van der Waals surface area (Å²) in [6.45, 7) is 6.64. The Labute approximate surface area is 196 Å². The quantitative estimate of drug-likeness (QED) is 0.623. The summed E-state index contributed by atoms with van der Waals surface area (Å²) >= 11 is 0. The van der Waals surface area contributed by atoms with Gasteiger partial charge in [-0.1, -0.05) is 36.8 Å². The first-order valence-electron chi connectivity index (χ1n) is 12.0. The number of nitrogens with one attached hydrogen (secondary N) is 1. The van der Waals surface area contributed by atoms with E-state index in [9.17, 15) is 9.59 Å². The van der Waals surface area contributed by atoms with Crippen molar-refractivity contribution in [2.45, 2.75) is 38.0 Å². The van der Waals surface area contributed by atoms with Crippen LogP contribution in [-0.2, 0) is 14.9 Å². The number of ether oxygens (including phenoxy) is 1. The fourth-order valence-corrected chi connectivity index (χ4v) is 4.76. The van der Waals surface area contributed by atoms with Gasteiger partial charge in [-0.2, -0.15) is 0 Å². The molecule has 1 aromatic heterocycles. The molecule has 0 atom stereocenters. The van der Waals surface area contributed by atoms with Crippen LogP contribution < -0.4 is 10.2 Å². The zero-order chi connectivity index (χ0) is 23.1. The number of hydrogen-bond acceptors (Lipinski definition) is 6. The predicted molar refractivity (Wildman–Crippen MR) is 128 cm³/mol. The van der Waals surface area contributed by atoms with Crippen molar-refractivity contribution in [3.8, 4) is 0 Å². The molecule has 176 valence electrons. The third-order valence-electron chi connectivity index (χ3n) is 6.86. The van der Waals surface area contributed by atoms with Crippen LogP contribution in [0.4, 0.5) is 5.82 Å². The Balaban J connectivity index is 1.26. The number of amides is 1. The second-order valence-electron chi connectivity index (χ2n) is 9.02. The summed E-state index contributed by atoms with van der Waals surface area (Å²) in [6, 6.07) is 14.2. The lowest BCUT2D eigenvalue weighted by molar-refractivity contribution is -0.122. The Bertz CT molecular complexity index is 928. The van der Waals surface area contributed by atoms with Crippen LogP contribution in [0.25, 0.3) is 0 Å². The van der Waals surface area contributed by atoms with Crippen LogP contribution in [0.2, 0.25) is 0 Å². The van der Waals surface area contributed by atoms with Gasteiger partial charge in [-0.3, -0.25) is 9.69 Å². The van der Waals surface area contributed by atoms with Crippen molar-refractivity contribution in [1.82, 2.24) is 15.2 Å². The maximum atomic E-state index is 12.7. The predicted octanol–water partition coefficient (Wildman–Crippen LogP) is 3.01. The molecule has 7 nitrogen and oxygen atoms in total. The number of rotatable bonds is 8. The van der Waals surface area contributed by atoms with E-state index in [0.717, 1.165) is 51.3 Å². The van der Waals surface area contributed by atoms with Crippen molar-refractivity contribution in [1.29, 1.82) is 0 Å². The molecule has 0 bridgehead atoms. The minimum absolute atomic E-state index is 0.0996. The van der Waals surface area contributed by atoms with Gasteiger partial charge in [0, 0.05) is 44.3 Å². The molecule has 0 unspecified atom stereocenters. The summed E-state index contributed by atoms with van der Waals surface area (Å²) in [6.07, 6.45) is 6.03. The lowest BCUT2D eigenvalue weighted by Crippen LogP contribution is -2.48. The molecule has 1 aliphatic heterocycles. The van der Waals surface area contributed by atoms with Crippen molar-refractivity contribution >= 4 is 17.7 Å². The van der Waals surface area contributed by atoms with E-state index in [1.807, 2.05) is 12.1 Å². The topological polar surface area (TPSA) is 74.8 Å². The second-order valence-corrected chi connectivity index (χ2v) is 9.02. The number of esters is 1. The monoisotopic (exact) mass is 450 g/mol. The third-order valence-corrected chi connectivity index (χ3v) is 6.86. The summed E-state index contributed by atoms with van der Waals surface area (Å²) in [4.78, 5) is 33.5. The molecular formula is C26H34N4O3. The molecular weight excluding hydrogens is 416 g/mol. The zero-order valence-electron chi connectivity index (χ0n) is 19.5. The highest BCUT2D eigenvalue weighted by atomic mass is 16.5. The summed E-state index contributed by atoms with van der Waals surface area (Å²) < 4.78 is 5.02. The van der Waals surface area contributed by atoms with E-state index in [1.54, 1.807) is 19.2 Å². The van der Waals surface area contributed by atoms with Gasteiger partial charge >= 0.3 is 5.97 Å². The maximum absolute atomic E-state index is 12.7. The fraction of sp³-hybridized carbons (Fsp3) is 0.500. The molecule has 1 amide bonds. The maximum Gasteiger partial charge on any atom is 0.339 e. The Morgan fingerprint density at radius 3 is 2.52 bits per heavy atom. The van der Waals surface area contributed by atoms with Crippen LogP contribution in [0, 0.1) is 0 Å². The van der Waals surface area contributed by atoms with Crippen LogP contribution >= 0.6 is 0 Å². The van der Waals surface area contributed by atoms with Gasteiger partial charge in [0.1, 0.15) is 5.82 Å². The lowest BCUT2D eigenvalue weighted by Gasteiger charge is -2.42. The molecule has 0 spiro atoms. The average molecular weight is 451 g/mol. The summed E-state index contributed by atoms with van der Waals surface area (Å²) in [5.74, 6) is 0.604. The number of anilines is 1. The number of benzene rings is 1. The summed E-state index contributed by atoms with van der Waals surface area (Å²) in [5.41, 5.74) is 1.91. The fourth-order valence-electron chi connectivity index (χ4n) is 4.76. The molecule has 2 aliphatic rings. The van der Waals surface area contributed by atoms with Crippen LogP contribution in [0.15, 0.2) is 48.7 Å². The average Bonchev–Trinajstić information content (AvgIpc) is 3.05. The minimum Gasteiger partial charge on any atom is -0.462 e. The van der Waals surface area contributed by atoms with Crippen molar-refractivity contribution < 1.29 is 14.3 Å². The number of aromatic nitrogens is 1. The first kappa shape index (κ1) is 23.2. The van der Waals surface area contributed by atoms with Crippen LogP contribution in [0.1, 0.15) is 48.5 Å². The minimum atomic E-state index is -0.347. The van der Waals surface area contributed by atoms with E-state index >= 15 is 0 Å². The number of pyridine rings is 1. The Morgan fingerprint density at radius 1 is 1.03 bits per heavy atom. The van der Waals surface area contributed by atoms with E-state index < -0.39 is 0 Å². The number of carbonyl (C=O) groups is 2. The Kier molecular flexibility index (Phi) is 7.60. The molecule has 2 fully saturated rings. The van der Waals surface area contributed by atoms with E-state index in [1.165, 1.54) is 12.0 Å². The van der Waals surface area contributed by atoms with Gasteiger partial charge < -0.3 is 15.0 Å². The van der Waals surface area contributed by atoms with Gasteiger partial charge in [-0.15, -0.1) is 0 Å². The molecule has 4 rings (SSSR count). The first-order chi connectivity index (χ1) is 16.1. The third kappa shape index (κ3) is 5.71. The van der Waals surface area contributed by atoms with E-state index in [4.69, 9.17) is 4.74 Å². The molecule has 2 aromatic rings. The van der Waals surface area contributed by atoms with Crippen LogP contribution in [0.5, 0.6) is 0 Å². The molecule has 2 heterocycles. The van der Waals surface area contributed by atoms with Crippen molar-refractivity contribution in [2.75, 3.05) is 50.8 Å². The SMILES string of the molecule is CCOC(=O)c1ccc(N2CCCN(CC(=O)NCC3(c4ccccc4)CCC3)CC2)nc1. The number of nitrogens with zero attached hydrogens (tertiary/aromatic N) is 3. The number of carbonyl (C=O) groups excluding carboxylic acids is 2. The first-order valence-corrected chi connectivity index (χ1v) is 12.0. The highest BCUT2D eigenvalue weighted by molar-refractivity contribution is 5.89.